The fraction of sp³-hybridized carbons (Fsp3) is 0.487. The number of fused-ring (bicyclic) bond motifs is 1. The third-order valence-electron chi connectivity index (χ3n) is 10.2. The van der Waals surface area contributed by atoms with Gasteiger partial charge in [0.05, 0.1) is 15.8 Å². The number of amides is 2. The molecule has 3 atom stereocenters. The molecular weight excluding hydrogens is 670 g/mol. The minimum atomic E-state index is -0.780. The number of piperidine rings is 1. The van der Waals surface area contributed by atoms with E-state index in [1.54, 1.807) is 12.1 Å². The summed E-state index contributed by atoms with van der Waals surface area (Å²) in [5, 5.41) is 11.6. The number of thiophene rings is 1. The second-order valence-electron chi connectivity index (χ2n) is 14.9. The summed E-state index contributed by atoms with van der Waals surface area (Å²) in [7, 11) is 0. The van der Waals surface area contributed by atoms with Crippen LogP contribution in [0.4, 0.5) is 10.6 Å². The molecule has 2 aliphatic rings. The third-order valence-corrected chi connectivity index (χ3v) is 11.7. The lowest BCUT2D eigenvalue weighted by Gasteiger charge is -2.36. The molecular formula is C39H48ClN5O4S. The summed E-state index contributed by atoms with van der Waals surface area (Å²) in [6.07, 6.45) is 5.74. The van der Waals surface area contributed by atoms with Crippen molar-refractivity contribution in [2.75, 3.05) is 18.4 Å². The van der Waals surface area contributed by atoms with E-state index in [2.05, 4.69) is 41.4 Å². The molecule has 2 fully saturated rings. The Hall–Kier alpha value is -3.73. The highest BCUT2D eigenvalue weighted by molar-refractivity contribution is 7.20. The standard InChI is InChI=1S/C39H48ClN5O4S/c1-24(2)28-18-13-25(3)21-32(28)49-38(48)45-37-29(22-33(50-37)36(47)42-39(4,5)30-11-7-8-12-31(30)40)34(43-45)41-35(46)27-16-14-26(15-17-27)23-44-19-9-6-10-20-44/h7-8,11-12,14-17,22,24-25,28,32H,6,9-10,13,18-21,23H2,1-5H3,(H,42,47)(H,41,43,46)/t25-,28+,32-/m1/s1. The maximum Gasteiger partial charge on any atom is 0.436 e. The molecule has 2 aromatic heterocycles. The number of benzene rings is 2. The van der Waals surface area contributed by atoms with Crippen LogP contribution in [0.25, 0.3) is 10.2 Å². The molecule has 9 nitrogen and oxygen atoms in total. The van der Waals surface area contributed by atoms with Gasteiger partial charge in [0, 0.05) is 17.1 Å². The van der Waals surface area contributed by atoms with Crippen LogP contribution in [-0.2, 0) is 16.8 Å². The number of ether oxygens (including phenoxy) is 1. The van der Waals surface area contributed by atoms with Gasteiger partial charge in [-0.1, -0.05) is 75.5 Å². The summed E-state index contributed by atoms with van der Waals surface area (Å²) in [4.78, 5) is 44.4. The molecule has 1 aliphatic heterocycles. The molecule has 1 saturated carbocycles. The molecule has 0 unspecified atom stereocenters. The van der Waals surface area contributed by atoms with Crippen LogP contribution in [0.2, 0.25) is 5.02 Å². The van der Waals surface area contributed by atoms with E-state index in [4.69, 9.17) is 16.3 Å². The first-order chi connectivity index (χ1) is 23.9. The smallest absolute Gasteiger partial charge is 0.436 e. The lowest BCUT2D eigenvalue weighted by molar-refractivity contribution is 0.00600. The number of hydrogen-bond donors (Lipinski definition) is 2. The summed E-state index contributed by atoms with van der Waals surface area (Å²) in [5.74, 6) is 0.552. The zero-order valence-electron chi connectivity index (χ0n) is 29.6. The lowest BCUT2D eigenvalue weighted by atomic mass is 9.75. The van der Waals surface area contributed by atoms with E-state index < -0.39 is 11.6 Å². The number of nitrogens with one attached hydrogen (secondary N) is 2. The molecule has 4 aromatic rings. The lowest BCUT2D eigenvalue weighted by Crippen LogP contribution is -2.40. The Morgan fingerprint density at radius 1 is 1.02 bits per heavy atom. The van der Waals surface area contributed by atoms with Crippen LogP contribution >= 0.6 is 22.9 Å². The van der Waals surface area contributed by atoms with E-state index in [0.29, 0.717) is 37.5 Å². The molecule has 0 radical (unpaired) electrons. The van der Waals surface area contributed by atoms with E-state index in [9.17, 15) is 14.4 Å². The largest absolute Gasteiger partial charge is 0.444 e. The van der Waals surface area contributed by atoms with Crippen molar-refractivity contribution in [2.24, 2.45) is 17.8 Å². The number of likely N-dealkylation sites (tertiary alicyclic amines) is 1. The van der Waals surface area contributed by atoms with Crippen molar-refractivity contribution in [3.8, 4) is 0 Å². The molecule has 2 N–H and O–H groups in total. The Labute approximate surface area is 303 Å². The fourth-order valence-corrected chi connectivity index (χ4v) is 8.73. The van der Waals surface area contributed by atoms with Crippen molar-refractivity contribution in [3.63, 3.8) is 0 Å². The van der Waals surface area contributed by atoms with Gasteiger partial charge in [-0.3, -0.25) is 14.5 Å². The second kappa shape index (κ2) is 15.3. The number of carbonyl (C=O) groups excluding carboxylic acids is 3. The number of hydrogen-bond acceptors (Lipinski definition) is 7. The summed E-state index contributed by atoms with van der Waals surface area (Å²) >= 11 is 7.61. The minimum absolute atomic E-state index is 0.192. The van der Waals surface area contributed by atoms with Gasteiger partial charge in [0.2, 0.25) is 0 Å². The molecule has 0 spiro atoms. The normalized spacial score (nSPS) is 20.2. The summed E-state index contributed by atoms with van der Waals surface area (Å²) < 4.78 is 7.36. The average molecular weight is 718 g/mol. The van der Waals surface area contributed by atoms with Gasteiger partial charge >= 0.3 is 6.09 Å². The van der Waals surface area contributed by atoms with Gasteiger partial charge in [0.15, 0.2) is 5.82 Å². The number of carbonyl (C=O) groups is 3. The van der Waals surface area contributed by atoms with Gasteiger partial charge in [-0.2, -0.15) is 4.68 Å². The molecule has 2 aromatic carbocycles. The van der Waals surface area contributed by atoms with Crippen LogP contribution in [0, 0.1) is 17.8 Å². The quantitative estimate of drug-likeness (QED) is 0.179. The Morgan fingerprint density at radius 3 is 2.44 bits per heavy atom. The van der Waals surface area contributed by atoms with Crippen molar-refractivity contribution in [1.82, 2.24) is 20.0 Å². The van der Waals surface area contributed by atoms with Crippen LogP contribution in [0.3, 0.4) is 0 Å². The molecule has 3 heterocycles. The number of rotatable bonds is 9. The van der Waals surface area contributed by atoms with Gasteiger partial charge in [-0.15, -0.1) is 16.4 Å². The van der Waals surface area contributed by atoms with Crippen LogP contribution in [-0.4, -0.2) is 51.8 Å². The molecule has 11 heteroatoms. The van der Waals surface area contributed by atoms with Crippen molar-refractivity contribution >= 4 is 56.9 Å². The van der Waals surface area contributed by atoms with Crippen molar-refractivity contribution in [2.45, 2.75) is 91.3 Å². The van der Waals surface area contributed by atoms with Gasteiger partial charge in [-0.05, 0) is 106 Å². The highest BCUT2D eigenvalue weighted by Gasteiger charge is 2.35. The maximum absolute atomic E-state index is 13.9. The molecule has 266 valence electrons. The van der Waals surface area contributed by atoms with Gasteiger partial charge in [-0.25, -0.2) is 4.79 Å². The topological polar surface area (TPSA) is 106 Å². The molecule has 6 rings (SSSR count). The number of nitrogens with zero attached hydrogens (tertiary/aromatic N) is 3. The molecule has 2 amide bonds. The van der Waals surface area contributed by atoms with Gasteiger partial charge < -0.3 is 15.4 Å². The summed E-state index contributed by atoms with van der Waals surface area (Å²) in [5.41, 5.74) is 1.63. The zero-order chi connectivity index (χ0) is 35.6. The van der Waals surface area contributed by atoms with Gasteiger partial charge in [0.25, 0.3) is 11.8 Å². The Morgan fingerprint density at radius 2 is 1.74 bits per heavy atom. The van der Waals surface area contributed by atoms with E-state index >= 15 is 0 Å². The van der Waals surface area contributed by atoms with E-state index in [-0.39, 0.29) is 29.7 Å². The fourth-order valence-electron chi connectivity index (χ4n) is 7.36. The summed E-state index contributed by atoms with van der Waals surface area (Å²) in [6, 6.07) is 16.7. The first kappa shape index (κ1) is 36.1. The monoisotopic (exact) mass is 717 g/mol. The van der Waals surface area contributed by atoms with Crippen molar-refractivity contribution < 1.29 is 19.1 Å². The zero-order valence-corrected chi connectivity index (χ0v) is 31.2. The third kappa shape index (κ3) is 8.08. The molecule has 1 aliphatic carbocycles. The van der Waals surface area contributed by atoms with Crippen LogP contribution < -0.4 is 10.6 Å². The predicted octanol–water partition coefficient (Wildman–Crippen LogP) is 9.10. The van der Waals surface area contributed by atoms with Crippen LogP contribution in [0.15, 0.2) is 54.6 Å². The number of anilines is 1. The average Bonchev–Trinajstić information content (AvgIpc) is 3.66. The Kier molecular flexibility index (Phi) is 11.0. The number of halogens is 1. The van der Waals surface area contributed by atoms with Gasteiger partial charge in [0.1, 0.15) is 10.9 Å². The predicted molar refractivity (Wildman–Crippen MR) is 200 cm³/mol. The second-order valence-corrected chi connectivity index (χ2v) is 16.3. The van der Waals surface area contributed by atoms with Crippen LogP contribution in [0.5, 0.6) is 0 Å². The van der Waals surface area contributed by atoms with E-state index in [1.165, 1.54) is 23.9 Å². The summed E-state index contributed by atoms with van der Waals surface area (Å²) in [6.45, 7) is 13.3. The van der Waals surface area contributed by atoms with E-state index in [1.807, 2.05) is 56.3 Å². The van der Waals surface area contributed by atoms with Crippen molar-refractivity contribution in [3.05, 3.63) is 81.2 Å². The maximum atomic E-state index is 13.9. The Bertz CT molecular complexity index is 1840. The molecule has 1 saturated heterocycles. The molecule has 50 heavy (non-hydrogen) atoms. The van der Waals surface area contributed by atoms with E-state index in [0.717, 1.165) is 61.4 Å². The van der Waals surface area contributed by atoms with Crippen LogP contribution in [0.1, 0.15) is 104 Å². The highest BCUT2D eigenvalue weighted by atomic mass is 35.5. The minimum Gasteiger partial charge on any atom is -0.444 e. The highest BCUT2D eigenvalue weighted by Crippen LogP contribution is 2.37. The number of aromatic nitrogens is 2. The molecule has 0 bridgehead atoms. The Balaban J connectivity index is 1.27. The SMILES string of the molecule is CC(C)[C@@H]1CC[C@@H](C)C[C@H]1OC(=O)n1nc(NC(=O)c2ccc(CN3CCCCC3)cc2)c2cc(C(=O)NC(C)(C)c3ccccc3Cl)sc21. The van der Waals surface area contributed by atoms with Crippen molar-refractivity contribution in [1.29, 1.82) is 0 Å². The first-order valence-electron chi connectivity index (χ1n) is 17.8. The first-order valence-corrected chi connectivity index (χ1v) is 19.0.